The van der Waals surface area contributed by atoms with Crippen molar-refractivity contribution in [3.8, 4) is 0 Å². The van der Waals surface area contributed by atoms with Gasteiger partial charge in [-0.15, -0.1) is 6.58 Å². The number of ketones is 1. The van der Waals surface area contributed by atoms with Crippen LogP contribution < -0.4 is 0 Å². The van der Waals surface area contributed by atoms with Crippen LogP contribution in [0.5, 0.6) is 0 Å². The summed E-state index contributed by atoms with van der Waals surface area (Å²) in [7, 11) is 0. The monoisotopic (exact) mass is 166 g/mol. The first-order chi connectivity index (χ1) is 5.70. The first-order valence-corrected chi connectivity index (χ1v) is 4.87. The average molecular weight is 166 g/mol. The summed E-state index contributed by atoms with van der Waals surface area (Å²) in [5, 5.41) is 0. The molecule has 68 valence electrons. The predicted molar refractivity (Wildman–Crippen MR) is 51.0 cm³/mol. The van der Waals surface area contributed by atoms with Crippen molar-refractivity contribution in [2.24, 2.45) is 5.92 Å². The second-order valence-electron chi connectivity index (χ2n) is 3.92. The van der Waals surface area contributed by atoms with Crippen LogP contribution in [0, 0.1) is 5.92 Å². The molecule has 0 radical (unpaired) electrons. The van der Waals surface area contributed by atoms with Crippen LogP contribution in [-0.4, -0.2) is 5.78 Å². The molecule has 1 atom stereocenters. The van der Waals surface area contributed by atoms with Gasteiger partial charge in [0.2, 0.25) is 0 Å². The van der Waals surface area contributed by atoms with Crippen LogP contribution in [0.25, 0.3) is 0 Å². The van der Waals surface area contributed by atoms with Gasteiger partial charge in [0.1, 0.15) is 5.78 Å². The molecule has 0 N–H and O–H groups in total. The van der Waals surface area contributed by atoms with Crippen molar-refractivity contribution in [3.05, 3.63) is 12.2 Å². The van der Waals surface area contributed by atoms with Crippen molar-refractivity contribution in [2.45, 2.75) is 45.4 Å². The third kappa shape index (κ3) is 2.80. The highest BCUT2D eigenvalue weighted by Gasteiger charge is 2.19. The summed E-state index contributed by atoms with van der Waals surface area (Å²) in [6.07, 6.45) is 6.37. The summed E-state index contributed by atoms with van der Waals surface area (Å²) < 4.78 is 0. The van der Waals surface area contributed by atoms with Gasteiger partial charge in [0, 0.05) is 12.3 Å². The zero-order chi connectivity index (χ0) is 8.97. The van der Waals surface area contributed by atoms with Crippen LogP contribution >= 0.6 is 0 Å². The van der Waals surface area contributed by atoms with Crippen LogP contribution in [-0.2, 0) is 4.79 Å². The van der Waals surface area contributed by atoms with E-state index >= 15 is 0 Å². The molecule has 1 aliphatic carbocycles. The number of Topliss-reactive ketones (excluding diaryl/α,β-unsaturated/α-hetero) is 1. The third-order valence-electron chi connectivity index (χ3n) is 2.53. The summed E-state index contributed by atoms with van der Waals surface area (Å²) in [5.74, 6) is 0.764. The smallest absolute Gasteiger partial charge is 0.136 e. The predicted octanol–water partition coefficient (Wildman–Crippen LogP) is 3.10. The van der Waals surface area contributed by atoms with E-state index in [1.807, 2.05) is 6.92 Å². The van der Waals surface area contributed by atoms with Crippen LogP contribution in [0.4, 0.5) is 0 Å². The molecule has 0 spiro atoms. The van der Waals surface area contributed by atoms with E-state index in [1.165, 1.54) is 12.8 Å². The zero-order valence-electron chi connectivity index (χ0n) is 7.94. The molecule has 0 saturated heterocycles. The van der Waals surface area contributed by atoms with E-state index in [1.54, 1.807) is 0 Å². The Morgan fingerprint density at radius 3 is 2.92 bits per heavy atom. The summed E-state index contributed by atoms with van der Waals surface area (Å²) >= 11 is 0. The van der Waals surface area contributed by atoms with Gasteiger partial charge >= 0.3 is 0 Å². The third-order valence-corrected chi connectivity index (χ3v) is 2.53. The molecule has 1 rings (SSSR count). The summed E-state index contributed by atoms with van der Waals surface area (Å²) in [6, 6.07) is 0. The molecule has 1 fully saturated rings. The van der Waals surface area contributed by atoms with Gasteiger partial charge in [-0.3, -0.25) is 4.79 Å². The number of carbonyl (C=O) groups excluding carboxylic acids is 1. The maximum atomic E-state index is 11.5. The van der Waals surface area contributed by atoms with E-state index in [9.17, 15) is 4.79 Å². The van der Waals surface area contributed by atoms with Gasteiger partial charge in [0.05, 0.1) is 0 Å². The molecule has 0 bridgehead atoms. The lowest BCUT2D eigenvalue weighted by atomic mass is 9.92. The standard InChI is InChI=1S/C11H18O/c1-9(2)8-10-6-4-3-5-7-11(10)12/h10H,1,3-8H2,2H3. The highest BCUT2D eigenvalue weighted by atomic mass is 16.1. The van der Waals surface area contributed by atoms with Gasteiger partial charge < -0.3 is 0 Å². The normalized spacial score (nSPS) is 25.1. The molecule has 1 unspecified atom stereocenters. The van der Waals surface area contributed by atoms with E-state index < -0.39 is 0 Å². The Morgan fingerprint density at radius 1 is 1.50 bits per heavy atom. The number of hydrogen-bond donors (Lipinski definition) is 0. The summed E-state index contributed by atoms with van der Waals surface area (Å²) in [5.41, 5.74) is 1.15. The van der Waals surface area contributed by atoms with Gasteiger partial charge in [-0.1, -0.05) is 18.4 Å². The minimum Gasteiger partial charge on any atom is -0.299 e. The Morgan fingerprint density at radius 2 is 2.25 bits per heavy atom. The van der Waals surface area contributed by atoms with Crippen molar-refractivity contribution in [2.75, 3.05) is 0 Å². The minimum atomic E-state index is 0.296. The average Bonchev–Trinajstić information content (AvgIpc) is 2.16. The molecule has 1 heteroatoms. The minimum absolute atomic E-state index is 0.296. The molecule has 0 aromatic rings. The lowest BCUT2D eigenvalue weighted by molar-refractivity contribution is -0.122. The zero-order valence-corrected chi connectivity index (χ0v) is 7.94. The molecule has 0 aromatic carbocycles. The lowest BCUT2D eigenvalue weighted by Crippen LogP contribution is -2.12. The molecule has 1 aliphatic rings. The van der Waals surface area contributed by atoms with E-state index in [4.69, 9.17) is 0 Å². The Balaban J connectivity index is 2.47. The SMILES string of the molecule is C=C(C)CC1CCCCCC1=O. The molecular weight excluding hydrogens is 148 g/mol. The van der Waals surface area contributed by atoms with Gasteiger partial charge in [-0.05, 0) is 26.2 Å². The van der Waals surface area contributed by atoms with Crippen LogP contribution in [0.2, 0.25) is 0 Å². The fourth-order valence-electron chi connectivity index (χ4n) is 1.87. The largest absolute Gasteiger partial charge is 0.299 e. The first-order valence-electron chi connectivity index (χ1n) is 4.87. The van der Waals surface area contributed by atoms with E-state index in [0.29, 0.717) is 11.7 Å². The maximum Gasteiger partial charge on any atom is 0.136 e. The molecule has 1 nitrogen and oxygen atoms in total. The second kappa shape index (κ2) is 4.44. The van der Waals surface area contributed by atoms with E-state index in [0.717, 1.165) is 31.3 Å². The van der Waals surface area contributed by atoms with Crippen molar-refractivity contribution < 1.29 is 4.79 Å². The van der Waals surface area contributed by atoms with E-state index in [-0.39, 0.29) is 0 Å². The van der Waals surface area contributed by atoms with Gasteiger partial charge in [0.15, 0.2) is 0 Å². The summed E-state index contributed by atoms with van der Waals surface area (Å²) in [6.45, 7) is 5.87. The molecule has 1 saturated carbocycles. The lowest BCUT2D eigenvalue weighted by Gasteiger charge is -2.11. The fraction of sp³-hybridized carbons (Fsp3) is 0.727. The van der Waals surface area contributed by atoms with Gasteiger partial charge in [-0.2, -0.15) is 0 Å². The molecule has 12 heavy (non-hydrogen) atoms. The Bertz CT molecular complexity index is 181. The van der Waals surface area contributed by atoms with Gasteiger partial charge in [0.25, 0.3) is 0 Å². The fourth-order valence-corrected chi connectivity index (χ4v) is 1.87. The van der Waals surface area contributed by atoms with E-state index in [2.05, 4.69) is 6.58 Å². The van der Waals surface area contributed by atoms with Crippen LogP contribution in [0.15, 0.2) is 12.2 Å². The second-order valence-corrected chi connectivity index (χ2v) is 3.92. The van der Waals surface area contributed by atoms with Gasteiger partial charge in [-0.25, -0.2) is 0 Å². The number of rotatable bonds is 2. The molecule has 0 amide bonds. The van der Waals surface area contributed by atoms with Crippen molar-refractivity contribution in [1.29, 1.82) is 0 Å². The molecule has 0 heterocycles. The Labute approximate surface area is 74.9 Å². The van der Waals surface area contributed by atoms with Crippen molar-refractivity contribution >= 4 is 5.78 Å². The molecular formula is C11H18O. The number of hydrogen-bond acceptors (Lipinski definition) is 1. The first kappa shape index (κ1) is 9.50. The van der Waals surface area contributed by atoms with Crippen molar-refractivity contribution in [1.82, 2.24) is 0 Å². The Kier molecular flexibility index (Phi) is 3.51. The maximum absolute atomic E-state index is 11.5. The highest BCUT2D eigenvalue weighted by Crippen LogP contribution is 2.24. The summed E-state index contributed by atoms with van der Waals surface area (Å²) in [4.78, 5) is 11.5. The molecule has 0 aliphatic heterocycles. The van der Waals surface area contributed by atoms with Crippen LogP contribution in [0.1, 0.15) is 45.4 Å². The molecule has 0 aromatic heterocycles. The van der Waals surface area contributed by atoms with Crippen molar-refractivity contribution in [3.63, 3.8) is 0 Å². The quantitative estimate of drug-likeness (QED) is 0.455. The number of carbonyl (C=O) groups is 1. The number of allylic oxidation sites excluding steroid dienone is 1. The Hall–Kier alpha value is -0.590. The highest BCUT2D eigenvalue weighted by molar-refractivity contribution is 5.81. The van der Waals surface area contributed by atoms with Crippen LogP contribution in [0.3, 0.4) is 0 Å². The topological polar surface area (TPSA) is 17.1 Å².